The molecule has 4 heterocycles. The number of aromatic nitrogens is 2. The van der Waals surface area contributed by atoms with Crippen LogP contribution in [0.1, 0.15) is 147 Å². The number of nitrogens with zero attached hydrogens (tertiary/aromatic N) is 4. The molecule has 380 valence electrons. The minimum absolute atomic E-state index is 0. The number of hydrogen-bond acceptors (Lipinski definition) is 11. The maximum Gasteiger partial charge on any atom is 1.00 e. The second kappa shape index (κ2) is 28.4. The molecule has 73 heavy (non-hydrogen) atoms. The second-order valence-corrected chi connectivity index (χ2v) is 20.8. The number of halogens is 2. The summed E-state index contributed by atoms with van der Waals surface area (Å²) in [5.41, 5.74) is 9.37. The molecule has 19 heteroatoms. The van der Waals surface area contributed by atoms with E-state index in [9.17, 15) is 27.6 Å². The standard InChI is InChI=1S/C25H25BrN2O2.C18H24BrNO3S.C8H5NO2.2CO2.CH4.K/c1-16-11-12-20-21(15-16)27(23(26)22(20)17-7-3-2-4-8-17)13-14-28-24(29)18-9-5-6-10-19(18)25(28)30;1-13-8-9-15-16(12-13)20(10-11-23-24(2,21)22)18(19)17(15)14-6-4-3-5-7-14;10-7-5-3-1-2-4-6(5)8(11)9-7;2*2-1-3;;/h5-6,9-12,15,17H,2-4,7-8,13-14H2,1H3;8-9,12,14H,3-7,10-11H2,1-2H3;1-4H,(H,9,10,11);;;1H4;/q;;;;;;+1/p-1. The first-order chi connectivity index (χ1) is 34.0. The molecule has 0 atom stereocenters. The normalized spacial score (nSPS) is 15.0. The van der Waals surface area contributed by atoms with E-state index >= 15 is 0 Å². The van der Waals surface area contributed by atoms with Crippen LogP contribution in [0.2, 0.25) is 0 Å². The average Bonchev–Trinajstić information content (AvgIpc) is 3.99. The van der Waals surface area contributed by atoms with Gasteiger partial charge in [-0.3, -0.25) is 18.7 Å². The molecule has 0 N–H and O–H groups in total. The van der Waals surface area contributed by atoms with Crippen molar-refractivity contribution in [2.45, 2.75) is 110 Å². The molecule has 2 saturated carbocycles. The summed E-state index contributed by atoms with van der Waals surface area (Å²) >= 11 is 7.69. The fourth-order valence-electron chi connectivity index (χ4n) is 9.90. The maximum atomic E-state index is 12.8. The van der Waals surface area contributed by atoms with E-state index in [-0.39, 0.29) is 89.5 Å². The number of hydrogen-bond donors (Lipinski definition) is 0. The number of carbonyl (C=O) groups excluding carboxylic acids is 8. The summed E-state index contributed by atoms with van der Waals surface area (Å²) in [6.45, 7) is 5.80. The zero-order valence-corrected chi connectivity index (χ0v) is 47.7. The van der Waals surface area contributed by atoms with Crippen molar-refractivity contribution >= 4 is 99.7 Å². The van der Waals surface area contributed by atoms with Crippen molar-refractivity contribution in [2.75, 3.05) is 19.4 Å². The SMILES string of the molecule is C.Cc1ccc2c(C3CCCCC3)c(Br)n(CCN3C(=O)c4ccccc4C3=O)c2c1.Cc1ccc2c(C3CCCCC3)c(Br)n(CCOS(C)(=O)=O)c2c1.O=C1[N-]C(=O)c2ccccc21.O=C=O.O=C=O.[K+]. The molecule has 0 radical (unpaired) electrons. The predicted molar refractivity (Wildman–Crippen MR) is 278 cm³/mol. The Kier molecular flexibility index (Phi) is 23.8. The third kappa shape index (κ3) is 14.9. The van der Waals surface area contributed by atoms with E-state index in [0.717, 1.165) is 21.0 Å². The minimum Gasteiger partial charge on any atom is -0.587 e. The van der Waals surface area contributed by atoms with Crippen LogP contribution in [0.3, 0.4) is 0 Å². The van der Waals surface area contributed by atoms with Gasteiger partial charge in [0.1, 0.15) is 0 Å². The van der Waals surface area contributed by atoms with E-state index in [4.69, 9.17) is 23.4 Å². The monoisotopic (exact) mass is 1170 g/mol. The van der Waals surface area contributed by atoms with Gasteiger partial charge in [0.2, 0.25) is 0 Å². The third-order valence-corrected chi connectivity index (χ3v) is 15.3. The Hall–Kier alpha value is -4.49. The van der Waals surface area contributed by atoms with Crippen LogP contribution in [0.25, 0.3) is 27.1 Å². The van der Waals surface area contributed by atoms with Gasteiger partial charge in [0, 0.05) is 52.6 Å². The Balaban J connectivity index is 0.000000239. The zero-order chi connectivity index (χ0) is 51.4. The van der Waals surface area contributed by atoms with Gasteiger partial charge in [-0.25, -0.2) is 0 Å². The van der Waals surface area contributed by atoms with Gasteiger partial charge in [-0.05, 0) is 130 Å². The molecule has 10 rings (SSSR count). The van der Waals surface area contributed by atoms with Crippen LogP contribution in [0, 0.1) is 13.8 Å². The molecule has 0 saturated heterocycles. The van der Waals surface area contributed by atoms with Gasteiger partial charge in [0.05, 0.1) is 45.0 Å². The number of carbonyl (C=O) groups is 4. The summed E-state index contributed by atoms with van der Waals surface area (Å²) in [6.07, 6.45) is 14.3. The van der Waals surface area contributed by atoms with Gasteiger partial charge in [-0.2, -0.15) is 27.6 Å². The summed E-state index contributed by atoms with van der Waals surface area (Å²) < 4.78 is 34.0. The first-order valence-electron chi connectivity index (χ1n) is 23.3. The summed E-state index contributed by atoms with van der Waals surface area (Å²) in [4.78, 5) is 81.2. The van der Waals surface area contributed by atoms with E-state index in [1.165, 1.54) is 108 Å². The molecule has 15 nitrogen and oxygen atoms in total. The first-order valence-corrected chi connectivity index (χ1v) is 26.7. The number of benzene rings is 4. The molecular formula is C54H57Br2KN4O11S. The molecule has 2 aliphatic heterocycles. The van der Waals surface area contributed by atoms with Crippen molar-refractivity contribution in [3.63, 3.8) is 0 Å². The van der Waals surface area contributed by atoms with E-state index in [1.54, 1.807) is 36.4 Å². The molecule has 2 aromatic heterocycles. The number of imide groups is 2. The van der Waals surface area contributed by atoms with Crippen LogP contribution in [-0.2, 0) is 46.6 Å². The summed E-state index contributed by atoms with van der Waals surface area (Å²) in [6, 6.07) is 26.9. The van der Waals surface area contributed by atoms with Crippen molar-refractivity contribution in [1.29, 1.82) is 0 Å². The van der Waals surface area contributed by atoms with Crippen molar-refractivity contribution in [3.05, 3.63) is 144 Å². The molecule has 4 amide bonds. The Morgan fingerprint density at radius 2 is 0.959 bits per heavy atom. The van der Waals surface area contributed by atoms with E-state index in [0.29, 0.717) is 53.7 Å². The Labute approximate surface area is 485 Å². The third-order valence-electron chi connectivity index (χ3n) is 13.0. The van der Waals surface area contributed by atoms with Crippen LogP contribution in [-0.4, -0.2) is 77.8 Å². The van der Waals surface area contributed by atoms with Gasteiger partial charge in [-0.15, -0.1) is 0 Å². The summed E-state index contributed by atoms with van der Waals surface area (Å²) in [7, 11) is -3.41. The molecule has 2 aliphatic carbocycles. The van der Waals surface area contributed by atoms with Gasteiger partial charge < -0.3 is 24.0 Å². The molecule has 0 spiro atoms. The van der Waals surface area contributed by atoms with Gasteiger partial charge >= 0.3 is 63.7 Å². The van der Waals surface area contributed by atoms with Crippen molar-refractivity contribution in [3.8, 4) is 0 Å². The quantitative estimate of drug-likeness (QED) is 0.0761. The van der Waals surface area contributed by atoms with E-state index in [1.807, 2.05) is 12.1 Å². The predicted octanol–water partition coefficient (Wildman–Crippen LogP) is 8.62. The molecule has 6 aromatic rings. The van der Waals surface area contributed by atoms with Crippen LogP contribution in [0.4, 0.5) is 0 Å². The fraction of sp³-hybridized carbons (Fsp3) is 0.370. The molecule has 0 bridgehead atoms. The van der Waals surface area contributed by atoms with Crippen LogP contribution >= 0.6 is 31.9 Å². The second-order valence-electron chi connectivity index (χ2n) is 17.7. The molecular weight excluding hydrogens is 1110 g/mol. The average molecular weight is 1170 g/mol. The number of rotatable bonds is 9. The smallest absolute Gasteiger partial charge is 0.587 e. The molecule has 4 aromatic carbocycles. The Morgan fingerprint density at radius 3 is 1.34 bits per heavy atom. The zero-order valence-electron chi connectivity index (χ0n) is 40.6. The summed E-state index contributed by atoms with van der Waals surface area (Å²) in [5.74, 6) is -0.0794. The number of fused-ring (bicyclic) bond motifs is 4. The number of aryl methyl sites for hydroxylation is 2. The van der Waals surface area contributed by atoms with Gasteiger partial charge in [0.15, 0.2) is 0 Å². The van der Waals surface area contributed by atoms with Gasteiger partial charge in [0.25, 0.3) is 21.9 Å². The maximum absolute atomic E-state index is 12.8. The first kappa shape index (κ1) is 61.1. The molecule has 0 unspecified atom stereocenters. The largest absolute Gasteiger partial charge is 1.00 e. The summed E-state index contributed by atoms with van der Waals surface area (Å²) in [5, 5.41) is 5.85. The minimum atomic E-state index is -3.41. The number of amides is 4. The molecule has 2 fully saturated rings. The topological polar surface area (TPSA) is 207 Å². The van der Waals surface area contributed by atoms with Crippen molar-refractivity contribution < 1.29 is 102 Å². The van der Waals surface area contributed by atoms with Crippen LogP contribution in [0.5, 0.6) is 0 Å². The van der Waals surface area contributed by atoms with Crippen LogP contribution in [0.15, 0.2) is 94.1 Å². The van der Waals surface area contributed by atoms with E-state index in [2.05, 4.69) is 96.6 Å². The van der Waals surface area contributed by atoms with Crippen molar-refractivity contribution in [1.82, 2.24) is 14.0 Å². The Bertz CT molecular complexity index is 3070. The Morgan fingerprint density at radius 1 is 0.589 bits per heavy atom. The van der Waals surface area contributed by atoms with Crippen LogP contribution < -0.4 is 51.4 Å². The molecule has 4 aliphatic rings. The van der Waals surface area contributed by atoms with E-state index < -0.39 is 21.9 Å². The van der Waals surface area contributed by atoms with Crippen molar-refractivity contribution in [2.24, 2.45) is 0 Å². The van der Waals surface area contributed by atoms with Gasteiger partial charge in [-0.1, -0.05) is 107 Å². The fourth-order valence-corrected chi connectivity index (χ4v) is 12.1.